The van der Waals surface area contributed by atoms with Crippen LogP contribution < -0.4 is 10.6 Å². The number of carbonyl (C=O) groups is 1. The molecule has 128 valence electrons. The first-order valence-corrected chi connectivity index (χ1v) is 9.75. The smallest absolute Gasteiger partial charge is 0.315 e. The number of sulfonamides is 1. The Labute approximate surface area is 138 Å². The maximum absolute atomic E-state index is 12.0. The number of rotatable bonds is 5. The second kappa shape index (κ2) is 7.79. The number of piperidine rings is 1. The normalized spacial score (nSPS) is 18.3. The highest BCUT2D eigenvalue weighted by Gasteiger charge is 2.25. The van der Waals surface area contributed by atoms with Crippen LogP contribution in [0.1, 0.15) is 31.4 Å². The monoisotopic (exact) mass is 339 g/mol. The van der Waals surface area contributed by atoms with E-state index in [1.54, 1.807) is 0 Å². The predicted molar refractivity (Wildman–Crippen MR) is 90.5 cm³/mol. The van der Waals surface area contributed by atoms with Crippen molar-refractivity contribution in [3.63, 3.8) is 0 Å². The van der Waals surface area contributed by atoms with E-state index in [2.05, 4.69) is 10.6 Å². The first-order valence-electron chi connectivity index (χ1n) is 7.90. The van der Waals surface area contributed by atoms with Gasteiger partial charge in [0.15, 0.2) is 0 Å². The quantitative estimate of drug-likeness (QED) is 0.857. The Morgan fingerprint density at radius 2 is 1.87 bits per heavy atom. The SMILES string of the molecule is C[C@@H](NC(=O)NCC1CCN(S(C)(=O)=O)CC1)c1ccccc1. The molecule has 1 aromatic rings. The second-order valence-electron chi connectivity index (χ2n) is 6.09. The van der Waals surface area contributed by atoms with E-state index < -0.39 is 10.0 Å². The summed E-state index contributed by atoms with van der Waals surface area (Å²) < 4.78 is 24.4. The molecule has 7 heteroatoms. The summed E-state index contributed by atoms with van der Waals surface area (Å²) in [5.74, 6) is 0.325. The predicted octanol–water partition coefficient (Wildman–Crippen LogP) is 1.72. The molecule has 1 aliphatic heterocycles. The number of carbonyl (C=O) groups excluding carboxylic acids is 1. The van der Waals surface area contributed by atoms with E-state index in [4.69, 9.17) is 0 Å². The van der Waals surface area contributed by atoms with Crippen molar-refractivity contribution in [2.75, 3.05) is 25.9 Å². The molecule has 0 unspecified atom stereocenters. The lowest BCUT2D eigenvalue weighted by molar-refractivity contribution is 0.228. The van der Waals surface area contributed by atoms with Gasteiger partial charge in [0.1, 0.15) is 0 Å². The fraction of sp³-hybridized carbons (Fsp3) is 0.562. The second-order valence-corrected chi connectivity index (χ2v) is 8.07. The minimum absolute atomic E-state index is 0.0525. The maximum atomic E-state index is 12.0. The van der Waals surface area contributed by atoms with Crippen LogP contribution in [0.3, 0.4) is 0 Å². The molecule has 2 rings (SSSR count). The molecule has 0 saturated carbocycles. The summed E-state index contributed by atoms with van der Waals surface area (Å²) in [5.41, 5.74) is 1.06. The highest BCUT2D eigenvalue weighted by molar-refractivity contribution is 7.88. The molecular formula is C16H25N3O3S. The van der Waals surface area contributed by atoms with Crippen LogP contribution in [0.5, 0.6) is 0 Å². The zero-order chi connectivity index (χ0) is 16.9. The number of hydrogen-bond acceptors (Lipinski definition) is 3. The Bertz CT molecular complexity index is 611. The number of hydrogen-bond donors (Lipinski definition) is 2. The third-order valence-electron chi connectivity index (χ3n) is 4.24. The molecule has 1 aliphatic rings. The van der Waals surface area contributed by atoms with Gasteiger partial charge in [0.2, 0.25) is 10.0 Å². The van der Waals surface area contributed by atoms with E-state index >= 15 is 0 Å². The fourth-order valence-electron chi connectivity index (χ4n) is 2.75. The molecule has 0 aromatic heterocycles. The highest BCUT2D eigenvalue weighted by atomic mass is 32.2. The molecule has 0 bridgehead atoms. The molecule has 1 aromatic carbocycles. The average molecular weight is 339 g/mol. The van der Waals surface area contributed by atoms with Crippen LogP contribution >= 0.6 is 0 Å². The first-order chi connectivity index (χ1) is 10.9. The van der Waals surface area contributed by atoms with Crippen molar-refractivity contribution in [2.24, 2.45) is 5.92 Å². The number of nitrogens with one attached hydrogen (secondary N) is 2. The average Bonchev–Trinajstić information content (AvgIpc) is 2.53. The lowest BCUT2D eigenvalue weighted by atomic mass is 9.98. The van der Waals surface area contributed by atoms with Crippen molar-refractivity contribution < 1.29 is 13.2 Å². The molecule has 2 N–H and O–H groups in total. The van der Waals surface area contributed by atoms with Gasteiger partial charge in [0.25, 0.3) is 0 Å². The minimum atomic E-state index is -3.09. The van der Waals surface area contributed by atoms with Crippen molar-refractivity contribution in [2.45, 2.75) is 25.8 Å². The van der Waals surface area contributed by atoms with Gasteiger partial charge >= 0.3 is 6.03 Å². The molecule has 0 aliphatic carbocycles. The van der Waals surface area contributed by atoms with Crippen molar-refractivity contribution in [1.29, 1.82) is 0 Å². The molecule has 1 fully saturated rings. The van der Waals surface area contributed by atoms with Crippen molar-refractivity contribution in [3.8, 4) is 0 Å². The summed E-state index contributed by atoms with van der Waals surface area (Å²) in [4.78, 5) is 12.0. The van der Waals surface area contributed by atoms with E-state index in [9.17, 15) is 13.2 Å². The van der Waals surface area contributed by atoms with Gasteiger partial charge in [-0.3, -0.25) is 0 Å². The topological polar surface area (TPSA) is 78.5 Å². The molecule has 0 spiro atoms. The fourth-order valence-corrected chi connectivity index (χ4v) is 3.63. The molecule has 0 radical (unpaired) electrons. The van der Waals surface area contributed by atoms with Crippen LogP contribution in [-0.2, 0) is 10.0 Å². The van der Waals surface area contributed by atoms with E-state index in [1.807, 2.05) is 37.3 Å². The standard InChI is InChI=1S/C16H25N3O3S/c1-13(15-6-4-3-5-7-15)18-16(20)17-12-14-8-10-19(11-9-14)23(2,21)22/h3-7,13-14H,8-12H2,1-2H3,(H2,17,18,20)/t13-/m1/s1. The number of benzene rings is 1. The number of urea groups is 1. The van der Waals surface area contributed by atoms with E-state index in [0.717, 1.165) is 18.4 Å². The molecule has 1 saturated heterocycles. The third kappa shape index (κ3) is 5.51. The zero-order valence-corrected chi connectivity index (χ0v) is 14.5. The van der Waals surface area contributed by atoms with Crippen molar-refractivity contribution >= 4 is 16.1 Å². The van der Waals surface area contributed by atoms with Crippen LogP contribution in [0.25, 0.3) is 0 Å². The van der Waals surface area contributed by atoms with Crippen molar-refractivity contribution in [3.05, 3.63) is 35.9 Å². The summed E-state index contributed by atoms with van der Waals surface area (Å²) >= 11 is 0. The van der Waals surface area contributed by atoms with Crippen LogP contribution in [0.4, 0.5) is 4.79 Å². The molecule has 2 amide bonds. The first kappa shape index (κ1) is 17.7. The summed E-state index contributed by atoms with van der Waals surface area (Å²) in [6.45, 7) is 3.59. The van der Waals surface area contributed by atoms with Gasteiger partial charge in [-0.1, -0.05) is 30.3 Å². The van der Waals surface area contributed by atoms with Crippen LogP contribution in [-0.4, -0.2) is 44.6 Å². The molecule has 6 nitrogen and oxygen atoms in total. The van der Waals surface area contributed by atoms with Crippen LogP contribution in [0, 0.1) is 5.92 Å². The Balaban J connectivity index is 1.71. The Hall–Kier alpha value is -1.60. The minimum Gasteiger partial charge on any atom is -0.338 e. The van der Waals surface area contributed by atoms with Gasteiger partial charge in [0.05, 0.1) is 12.3 Å². The lowest BCUT2D eigenvalue weighted by Crippen LogP contribution is -2.43. The summed E-state index contributed by atoms with van der Waals surface area (Å²) in [6.07, 6.45) is 2.80. The van der Waals surface area contributed by atoms with Gasteiger partial charge < -0.3 is 10.6 Å². The van der Waals surface area contributed by atoms with Gasteiger partial charge in [-0.25, -0.2) is 17.5 Å². The Morgan fingerprint density at radius 3 is 2.43 bits per heavy atom. The Morgan fingerprint density at radius 1 is 1.26 bits per heavy atom. The summed E-state index contributed by atoms with van der Waals surface area (Å²) in [5, 5.41) is 5.80. The highest BCUT2D eigenvalue weighted by Crippen LogP contribution is 2.18. The van der Waals surface area contributed by atoms with E-state index in [0.29, 0.717) is 25.6 Å². The van der Waals surface area contributed by atoms with Gasteiger partial charge in [-0.05, 0) is 31.2 Å². The van der Waals surface area contributed by atoms with Crippen LogP contribution in [0.2, 0.25) is 0 Å². The largest absolute Gasteiger partial charge is 0.338 e. The van der Waals surface area contributed by atoms with Crippen molar-refractivity contribution in [1.82, 2.24) is 14.9 Å². The van der Waals surface area contributed by atoms with Crippen LogP contribution in [0.15, 0.2) is 30.3 Å². The lowest BCUT2D eigenvalue weighted by Gasteiger charge is -2.30. The number of nitrogens with zero attached hydrogens (tertiary/aromatic N) is 1. The van der Waals surface area contributed by atoms with E-state index in [1.165, 1.54) is 10.6 Å². The maximum Gasteiger partial charge on any atom is 0.315 e. The summed E-state index contributed by atoms with van der Waals surface area (Å²) in [7, 11) is -3.09. The van der Waals surface area contributed by atoms with Gasteiger partial charge in [-0.2, -0.15) is 0 Å². The summed E-state index contributed by atoms with van der Waals surface area (Å²) in [6, 6.07) is 9.55. The third-order valence-corrected chi connectivity index (χ3v) is 5.54. The molecular weight excluding hydrogens is 314 g/mol. The molecule has 23 heavy (non-hydrogen) atoms. The van der Waals surface area contributed by atoms with E-state index in [-0.39, 0.29) is 12.1 Å². The van der Waals surface area contributed by atoms with Gasteiger partial charge in [-0.15, -0.1) is 0 Å². The van der Waals surface area contributed by atoms with Gasteiger partial charge in [0, 0.05) is 19.6 Å². The molecule has 1 atom stereocenters. The number of amides is 2. The zero-order valence-electron chi connectivity index (χ0n) is 13.7. The Kier molecular flexibility index (Phi) is 6.01. The molecule has 1 heterocycles.